The van der Waals surface area contributed by atoms with Gasteiger partial charge >= 0.3 is 0 Å². The van der Waals surface area contributed by atoms with Crippen LogP contribution in [0.5, 0.6) is 11.5 Å². The molecule has 2 N–H and O–H groups in total. The molecule has 3 aromatic carbocycles. The molecule has 11 heteroatoms. The van der Waals surface area contributed by atoms with Crippen LogP contribution in [0.25, 0.3) is 0 Å². The number of carbonyl (C=O) groups excluding carboxylic acids is 1. The zero-order valence-electron chi connectivity index (χ0n) is 17.3. The molecular formula is C22H19Cl2N3O5S. The summed E-state index contributed by atoms with van der Waals surface area (Å²) in [7, 11) is -2.71. The van der Waals surface area contributed by atoms with Crippen molar-refractivity contribution in [1.82, 2.24) is 5.43 Å². The highest BCUT2D eigenvalue weighted by atomic mass is 35.5. The monoisotopic (exact) mass is 507 g/mol. The molecule has 0 fully saturated rings. The number of nitrogens with one attached hydrogen (secondary N) is 1. The Morgan fingerprint density at radius 2 is 1.79 bits per heavy atom. The third kappa shape index (κ3) is 5.75. The van der Waals surface area contributed by atoms with Gasteiger partial charge in [-0.2, -0.15) is 5.10 Å². The fourth-order valence-electron chi connectivity index (χ4n) is 2.88. The lowest BCUT2D eigenvalue weighted by Crippen LogP contribution is -2.39. The van der Waals surface area contributed by atoms with E-state index in [2.05, 4.69) is 10.5 Å². The van der Waals surface area contributed by atoms with E-state index in [1.165, 1.54) is 37.4 Å². The number of para-hydroxylation sites is 2. The van der Waals surface area contributed by atoms with E-state index in [9.17, 15) is 18.3 Å². The lowest BCUT2D eigenvalue weighted by atomic mass is 10.2. The number of rotatable bonds is 8. The topological polar surface area (TPSA) is 108 Å². The van der Waals surface area contributed by atoms with Crippen LogP contribution in [0.4, 0.5) is 5.69 Å². The molecule has 0 saturated carbocycles. The molecule has 33 heavy (non-hydrogen) atoms. The van der Waals surface area contributed by atoms with E-state index in [0.29, 0.717) is 0 Å². The van der Waals surface area contributed by atoms with Gasteiger partial charge in [-0.3, -0.25) is 9.10 Å². The zero-order chi connectivity index (χ0) is 24.0. The number of carbonyl (C=O) groups is 1. The lowest BCUT2D eigenvalue weighted by Gasteiger charge is -2.25. The molecule has 0 atom stereocenters. The summed E-state index contributed by atoms with van der Waals surface area (Å²) >= 11 is 11.8. The number of sulfonamides is 1. The SMILES string of the molecule is COc1ccccc1N(CC(=O)NN=Cc1cc(Cl)cc(Cl)c1O)S(=O)(=O)c1ccccc1. The number of phenols is 1. The maximum atomic E-state index is 13.3. The Labute approximate surface area is 201 Å². The van der Waals surface area contributed by atoms with Crippen molar-refractivity contribution < 1.29 is 23.1 Å². The van der Waals surface area contributed by atoms with Crippen molar-refractivity contribution in [3.8, 4) is 11.5 Å². The van der Waals surface area contributed by atoms with Gasteiger partial charge in [-0.1, -0.05) is 53.5 Å². The van der Waals surface area contributed by atoms with Crippen LogP contribution >= 0.6 is 23.2 Å². The highest BCUT2D eigenvalue weighted by molar-refractivity contribution is 7.92. The molecule has 0 aromatic heterocycles. The average molecular weight is 508 g/mol. The summed E-state index contributed by atoms with van der Waals surface area (Å²) in [6.07, 6.45) is 1.14. The number of amides is 1. The summed E-state index contributed by atoms with van der Waals surface area (Å²) in [6.45, 7) is -0.586. The molecule has 0 bridgehead atoms. The number of ether oxygens (including phenoxy) is 1. The van der Waals surface area contributed by atoms with Crippen molar-refractivity contribution in [2.75, 3.05) is 18.0 Å². The first-order chi connectivity index (χ1) is 15.7. The number of nitrogens with zero attached hydrogens (tertiary/aromatic N) is 2. The highest BCUT2D eigenvalue weighted by Gasteiger charge is 2.29. The van der Waals surface area contributed by atoms with Crippen LogP contribution in [0, 0.1) is 0 Å². The third-order valence-corrected chi connectivity index (χ3v) is 6.70. The molecule has 1 amide bonds. The molecule has 8 nitrogen and oxygen atoms in total. The van der Waals surface area contributed by atoms with Crippen LogP contribution in [0.3, 0.4) is 0 Å². The fourth-order valence-corrected chi connectivity index (χ4v) is 4.84. The Balaban J connectivity index is 1.89. The van der Waals surface area contributed by atoms with Crippen LogP contribution in [-0.4, -0.2) is 39.3 Å². The molecule has 0 aliphatic heterocycles. The van der Waals surface area contributed by atoms with Gasteiger partial charge in [0, 0.05) is 10.6 Å². The van der Waals surface area contributed by atoms with Crippen molar-refractivity contribution in [2.24, 2.45) is 5.10 Å². The minimum Gasteiger partial charge on any atom is -0.506 e. The van der Waals surface area contributed by atoms with Gasteiger partial charge in [0.15, 0.2) is 0 Å². The van der Waals surface area contributed by atoms with Crippen LogP contribution in [0.15, 0.2) is 76.7 Å². The number of hydrazone groups is 1. The third-order valence-electron chi connectivity index (χ3n) is 4.42. The largest absolute Gasteiger partial charge is 0.506 e. The van der Waals surface area contributed by atoms with E-state index in [4.69, 9.17) is 27.9 Å². The Bertz CT molecular complexity index is 1280. The fraction of sp³-hybridized carbons (Fsp3) is 0.0909. The van der Waals surface area contributed by atoms with E-state index in [-0.39, 0.29) is 37.7 Å². The number of anilines is 1. The molecule has 172 valence electrons. The van der Waals surface area contributed by atoms with Gasteiger partial charge in [-0.05, 0) is 36.4 Å². The van der Waals surface area contributed by atoms with Gasteiger partial charge in [-0.15, -0.1) is 0 Å². The second-order valence-corrected chi connectivity index (χ2v) is 9.32. The highest BCUT2D eigenvalue weighted by Crippen LogP contribution is 2.32. The lowest BCUT2D eigenvalue weighted by molar-refractivity contribution is -0.119. The predicted octanol–water partition coefficient (Wildman–Crippen LogP) is 4.05. The number of halogens is 2. The van der Waals surface area contributed by atoms with Crippen LogP contribution in [-0.2, 0) is 14.8 Å². The number of aromatic hydroxyl groups is 1. The van der Waals surface area contributed by atoms with E-state index < -0.39 is 22.5 Å². The Morgan fingerprint density at radius 3 is 2.48 bits per heavy atom. The van der Waals surface area contributed by atoms with Gasteiger partial charge in [-0.25, -0.2) is 13.8 Å². The smallest absolute Gasteiger partial charge is 0.264 e. The molecule has 0 saturated heterocycles. The Morgan fingerprint density at radius 1 is 1.12 bits per heavy atom. The molecule has 0 heterocycles. The normalized spacial score (nSPS) is 11.4. The number of hydrogen-bond acceptors (Lipinski definition) is 6. The van der Waals surface area contributed by atoms with Crippen LogP contribution < -0.4 is 14.5 Å². The number of phenolic OH excluding ortho intramolecular Hbond substituents is 1. The number of hydrogen-bond donors (Lipinski definition) is 2. The molecule has 0 spiro atoms. The van der Waals surface area contributed by atoms with Crippen LogP contribution in [0.2, 0.25) is 10.0 Å². The Kier molecular flexibility index (Phi) is 7.80. The zero-order valence-corrected chi connectivity index (χ0v) is 19.6. The molecule has 3 rings (SSSR count). The minimum absolute atomic E-state index is 0.00528. The first kappa shape index (κ1) is 24.4. The maximum absolute atomic E-state index is 13.3. The van der Waals surface area contributed by atoms with E-state index >= 15 is 0 Å². The summed E-state index contributed by atoms with van der Waals surface area (Å²) < 4.78 is 32.9. The van der Waals surface area contributed by atoms with Crippen molar-refractivity contribution in [1.29, 1.82) is 0 Å². The van der Waals surface area contributed by atoms with E-state index in [0.717, 1.165) is 10.5 Å². The van der Waals surface area contributed by atoms with Gasteiger partial charge < -0.3 is 9.84 Å². The first-order valence-electron chi connectivity index (χ1n) is 9.44. The summed E-state index contributed by atoms with van der Waals surface area (Å²) in [4.78, 5) is 12.6. The maximum Gasteiger partial charge on any atom is 0.264 e. The predicted molar refractivity (Wildman–Crippen MR) is 128 cm³/mol. The van der Waals surface area contributed by atoms with Gasteiger partial charge in [0.25, 0.3) is 15.9 Å². The molecule has 0 aliphatic rings. The molecule has 0 radical (unpaired) electrons. The minimum atomic E-state index is -4.11. The van der Waals surface area contributed by atoms with Crippen LogP contribution in [0.1, 0.15) is 5.56 Å². The van der Waals surface area contributed by atoms with Gasteiger partial charge in [0.1, 0.15) is 18.0 Å². The van der Waals surface area contributed by atoms with Gasteiger partial charge in [0.2, 0.25) is 0 Å². The summed E-state index contributed by atoms with van der Waals surface area (Å²) in [5, 5.41) is 14.0. The standard InChI is InChI=1S/C22H19Cl2N3O5S/c1-32-20-10-6-5-9-19(20)27(33(30,31)17-7-3-2-4-8-17)14-21(28)26-25-13-15-11-16(23)12-18(24)22(15)29/h2-13,29H,14H2,1H3,(H,26,28). The second kappa shape index (κ2) is 10.6. The van der Waals surface area contributed by atoms with Gasteiger partial charge in [0.05, 0.1) is 28.9 Å². The van der Waals surface area contributed by atoms with Crippen molar-refractivity contribution in [3.05, 3.63) is 82.3 Å². The summed E-state index contributed by atoms with van der Waals surface area (Å²) in [5.74, 6) is -0.725. The summed E-state index contributed by atoms with van der Waals surface area (Å²) in [5.41, 5.74) is 2.60. The molecule has 3 aromatic rings. The van der Waals surface area contributed by atoms with Crippen molar-refractivity contribution in [3.63, 3.8) is 0 Å². The van der Waals surface area contributed by atoms with Crippen molar-refractivity contribution in [2.45, 2.75) is 4.90 Å². The number of methoxy groups -OCH3 is 1. The van der Waals surface area contributed by atoms with E-state index in [1.54, 1.807) is 36.4 Å². The average Bonchev–Trinajstić information content (AvgIpc) is 2.81. The Hall–Kier alpha value is -3.27. The van der Waals surface area contributed by atoms with E-state index in [1.807, 2.05) is 0 Å². The quantitative estimate of drug-likeness (QED) is 0.353. The summed E-state index contributed by atoms with van der Waals surface area (Å²) in [6, 6.07) is 16.9. The molecular weight excluding hydrogens is 489 g/mol. The molecule has 0 aliphatic carbocycles. The molecule has 0 unspecified atom stereocenters. The second-order valence-electron chi connectivity index (χ2n) is 6.62. The number of benzene rings is 3. The van der Waals surface area contributed by atoms with Crippen molar-refractivity contribution >= 4 is 51.0 Å². The first-order valence-corrected chi connectivity index (χ1v) is 11.6.